The van der Waals surface area contributed by atoms with Crippen molar-refractivity contribution >= 4 is 17.3 Å². The molecule has 1 aliphatic heterocycles. The van der Waals surface area contributed by atoms with Crippen molar-refractivity contribution < 1.29 is 9.53 Å². The molecule has 23 heavy (non-hydrogen) atoms. The minimum absolute atomic E-state index is 0.263. The minimum Gasteiger partial charge on any atom is -0.416 e. The Morgan fingerprint density at radius 1 is 1.26 bits per heavy atom. The van der Waals surface area contributed by atoms with E-state index in [2.05, 4.69) is 9.88 Å². The van der Waals surface area contributed by atoms with Crippen molar-refractivity contribution in [1.29, 1.82) is 0 Å². The molecule has 0 radical (unpaired) electrons. The number of aromatic nitrogens is 2. The van der Waals surface area contributed by atoms with Gasteiger partial charge in [-0.25, -0.2) is 0 Å². The van der Waals surface area contributed by atoms with Crippen molar-refractivity contribution in [1.82, 2.24) is 14.9 Å². The zero-order chi connectivity index (χ0) is 16.6. The van der Waals surface area contributed by atoms with Gasteiger partial charge in [0.1, 0.15) is 0 Å². The van der Waals surface area contributed by atoms with Crippen LogP contribution in [0.5, 0.6) is 5.06 Å². The highest BCUT2D eigenvalue weighted by molar-refractivity contribution is 7.14. The molecule has 0 N–H and O–H groups in total. The van der Waals surface area contributed by atoms with Crippen LogP contribution in [0.15, 0.2) is 6.07 Å². The highest BCUT2D eigenvalue weighted by Crippen LogP contribution is 2.33. The first kappa shape index (κ1) is 16.1. The maximum atomic E-state index is 11.1. The van der Waals surface area contributed by atoms with Crippen molar-refractivity contribution in [3.63, 3.8) is 0 Å². The first-order chi connectivity index (χ1) is 10.9. The molecule has 6 heteroatoms. The van der Waals surface area contributed by atoms with Crippen LogP contribution in [0.25, 0.3) is 0 Å². The maximum Gasteiger partial charge on any atom is 0.308 e. The molecule has 0 amide bonds. The largest absolute Gasteiger partial charge is 0.416 e. The Bertz CT molecular complexity index is 755. The average Bonchev–Trinajstić information content (AvgIpc) is 2.85. The van der Waals surface area contributed by atoms with Gasteiger partial charge in [-0.15, -0.1) is 11.3 Å². The van der Waals surface area contributed by atoms with Gasteiger partial charge in [-0.2, -0.15) is 0 Å². The third kappa shape index (κ3) is 3.59. The molecule has 0 atom stereocenters. The second kappa shape index (κ2) is 6.37. The van der Waals surface area contributed by atoms with Gasteiger partial charge in [0.05, 0.1) is 22.8 Å². The fourth-order valence-electron chi connectivity index (χ4n) is 2.81. The number of carbonyl (C=O) groups is 1. The molecule has 0 aromatic carbocycles. The van der Waals surface area contributed by atoms with Crippen molar-refractivity contribution in [2.45, 2.75) is 47.2 Å². The summed E-state index contributed by atoms with van der Waals surface area (Å²) in [6, 6.07) is 1.99. The molecular formula is C17H21N3O2S. The third-order valence-electron chi connectivity index (χ3n) is 4.12. The molecule has 122 valence electrons. The maximum absolute atomic E-state index is 11.1. The first-order valence-corrected chi connectivity index (χ1v) is 8.57. The number of thiophene rings is 1. The van der Waals surface area contributed by atoms with Gasteiger partial charge in [0.2, 0.25) is 0 Å². The average molecular weight is 331 g/mol. The number of aryl methyl sites for hydroxylation is 3. The molecule has 0 spiro atoms. The number of rotatable bonds is 3. The fourth-order valence-corrected chi connectivity index (χ4v) is 3.86. The van der Waals surface area contributed by atoms with Crippen molar-refractivity contribution in [3.05, 3.63) is 39.3 Å². The lowest BCUT2D eigenvalue weighted by atomic mass is 10.1. The molecule has 0 unspecified atom stereocenters. The third-order valence-corrected chi connectivity index (χ3v) is 5.24. The number of nitrogens with zero attached hydrogens (tertiary/aromatic N) is 3. The first-order valence-electron chi connectivity index (χ1n) is 7.75. The summed E-state index contributed by atoms with van der Waals surface area (Å²) in [5.41, 5.74) is 5.30. The normalized spacial score (nSPS) is 14.6. The second-order valence-electron chi connectivity index (χ2n) is 5.99. The van der Waals surface area contributed by atoms with Crippen LogP contribution in [0.3, 0.4) is 0 Å². The number of fused-ring (bicyclic) bond motifs is 1. The highest BCUT2D eigenvalue weighted by Gasteiger charge is 2.21. The van der Waals surface area contributed by atoms with E-state index in [1.165, 1.54) is 17.4 Å². The standard InChI is InChI=1S/C17H21N3O2S/c1-10-11(2)19-15(12(3)18-10)9-20-6-5-16-14(8-20)7-17(23-16)22-13(4)21/h7H,5-6,8-9H2,1-4H3. The van der Waals surface area contributed by atoms with Crippen LogP contribution in [0.4, 0.5) is 0 Å². The van der Waals surface area contributed by atoms with Gasteiger partial charge in [-0.1, -0.05) is 0 Å². The summed E-state index contributed by atoms with van der Waals surface area (Å²) < 4.78 is 5.21. The van der Waals surface area contributed by atoms with E-state index in [0.717, 1.165) is 48.8 Å². The molecule has 2 aromatic heterocycles. The molecule has 0 saturated heterocycles. The van der Waals surface area contributed by atoms with Crippen molar-refractivity contribution in [2.24, 2.45) is 0 Å². The van der Waals surface area contributed by atoms with Crippen LogP contribution >= 0.6 is 11.3 Å². The smallest absolute Gasteiger partial charge is 0.308 e. The van der Waals surface area contributed by atoms with Crippen LogP contribution in [0, 0.1) is 20.8 Å². The topological polar surface area (TPSA) is 55.3 Å². The molecule has 3 heterocycles. The second-order valence-corrected chi connectivity index (χ2v) is 7.09. The van der Waals surface area contributed by atoms with Crippen LogP contribution < -0.4 is 4.74 Å². The zero-order valence-electron chi connectivity index (χ0n) is 14.0. The van der Waals surface area contributed by atoms with E-state index in [1.807, 2.05) is 26.8 Å². The quantitative estimate of drug-likeness (QED) is 0.810. The monoisotopic (exact) mass is 331 g/mol. The minimum atomic E-state index is -0.263. The summed E-state index contributed by atoms with van der Waals surface area (Å²) in [6.45, 7) is 10.1. The number of carbonyl (C=O) groups excluding carboxylic acids is 1. The van der Waals surface area contributed by atoms with Gasteiger partial charge in [0.15, 0.2) is 5.06 Å². The predicted molar refractivity (Wildman–Crippen MR) is 89.7 cm³/mol. The zero-order valence-corrected chi connectivity index (χ0v) is 14.8. The Kier molecular flexibility index (Phi) is 4.46. The van der Waals surface area contributed by atoms with Gasteiger partial charge in [0, 0.05) is 31.4 Å². The Morgan fingerprint density at radius 2 is 2.00 bits per heavy atom. The summed E-state index contributed by atoms with van der Waals surface area (Å²) in [4.78, 5) is 24.1. The molecule has 0 bridgehead atoms. The number of ether oxygens (including phenoxy) is 1. The van der Waals surface area contributed by atoms with Gasteiger partial charge >= 0.3 is 5.97 Å². The van der Waals surface area contributed by atoms with Crippen molar-refractivity contribution in [2.75, 3.05) is 6.54 Å². The molecule has 0 fully saturated rings. The van der Waals surface area contributed by atoms with Gasteiger partial charge in [-0.3, -0.25) is 19.7 Å². The van der Waals surface area contributed by atoms with Crippen LogP contribution in [0.1, 0.15) is 40.1 Å². The Labute approximate surface area is 140 Å². The van der Waals surface area contributed by atoms with Crippen molar-refractivity contribution in [3.8, 4) is 5.06 Å². The summed E-state index contributed by atoms with van der Waals surface area (Å²) in [7, 11) is 0. The fraction of sp³-hybridized carbons (Fsp3) is 0.471. The molecule has 5 nitrogen and oxygen atoms in total. The molecule has 0 aliphatic carbocycles. The summed E-state index contributed by atoms with van der Waals surface area (Å²) in [6.07, 6.45) is 0.985. The van der Waals surface area contributed by atoms with Gasteiger partial charge in [0.25, 0.3) is 0 Å². The van der Waals surface area contributed by atoms with E-state index in [9.17, 15) is 4.79 Å². The van der Waals surface area contributed by atoms with E-state index in [0.29, 0.717) is 5.06 Å². The van der Waals surface area contributed by atoms with Gasteiger partial charge < -0.3 is 4.74 Å². The molecule has 3 rings (SSSR count). The molecule has 2 aromatic rings. The van der Waals surface area contributed by atoms with E-state index in [4.69, 9.17) is 9.72 Å². The number of hydrogen-bond donors (Lipinski definition) is 0. The Morgan fingerprint density at radius 3 is 2.74 bits per heavy atom. The van der Waals surface area contributed by atoms with E-state index in [1.54, 1.807) is 11.3 Å². The van der Waals surface area contributed by atoms with Crippen LogP contribution in [0.2, 0.25) is 0 Å². The lowest BCUT2D eigenvalue weighted by Crippen LogP contribution is -2.30. The molecular weight excluding hydrogens is 310 g/mol. The van der Waals surface area contributed by atoms with E-state index >= 15 is 0 Å². The van der Waals surface area contributed by atoms with Crippen LogP contribution in [-0.4, -0.2) is 27.4 Å². The highest BCUT2D eigenvalue weighted by atomic mass is 32.1. The Balaban J connectivity index is 1.73. The molecule has 0 saturated carbocycles. The lowest BCUT2D eigenvalue weighted by molar-refractivity contribution is -0.131. The summed E-state index contributed by atoms with van der Waals surface area (Å²) >= 11 is 1.58. The van der Waals surface area contributed by atoms with E-state index in [-0.39, 0.29) is 5.97 Å². The summed E-state index contributed by atoms with van der Waals surface area (Å²) in [5, 5.41) is 0.700. The van der Waals surface area contributed by atoms with Crippen LogP contribution in [-0.2, 0) is 24.3 Å². The number of hydrogen-bond acceptors (Lipinski definition) is 6. The SMILES string of the molecule is CC(=O)Oc1cc2c(s1)CCN(Cc1nc(C)c(C)nc1C)C2. The summed E-state index contributed by atoms with van der Waals surface area (Å²) in [5.74, 6) is -0.263. The van der Waals surface area contributed by atoms with Gasteiger partial charge in [-0.05, 0) is 38.8 Å². The Hall–Kier alpha value is -1.79. The predicted octanol–water partition coefficient (Wildman–Crippen LogP) is 2.95. The molecule has 1 aliphatic rings. The number of esters is 1. The van der Waals surface area contributed by atoms with E-state index < -0.39 is 0 Å². The lowest BCUT2D eigenvalue weighted by Gasteiger charge is -2.26.